The van der Waals surface area contributed by atoms with Gasteiger partial charge in [0, 0.05) is 18.9 Å². The summed E-state index contributed by atoms with van der Waals surface area (Å²) in [4.78, 5) is 4.78. The minimum Gasteiger partial charge on any atom is -0.384 e. The molecule has 0 aliphatic heterocycles. The summed E-state index contributed by atoms with van der Waals surface area (Å²) in [6, 6.07) is 10.4. The molecule has 1 aromatic carbocycles. The standard InChI is InChI=1S/C16H23N3/c1-4-9-14-18-15(16(17)19(14)5-2)12(3)13-10-7-6-8-11-13/h6-8,10-12H,4-5,9,17H2,1-3H3. The van der Waals surface area contributed by atoms with E-state index in [1.807, 2.05) is 6.07 Å². The zero-order valence-electron chi connectivity index (χ0n) is 12.1. The normalized spacial score (nSPS) is 12.6. The van der Waals surface area contributed by atoms with Crippen molar-refractivity contribution in [2.24, 2.45) is 0 Å². The first-order valence-electron chi connectivity index (χ1n) is 7.08. The fraction of sp³-hybridized carbons (Fsp3) is 0.438. The van der Waals surface area contributed by atoms with Crippen LogP contribution in [0.5, 0.6) is 0 Å². The maximum Gasteiger partial charge on any atom is 0.127 e. The Kier molecular flexibility index (Phi) is 4.25. The molecular formula is C16H23N3. The average molecular weight is 257 g/mol. The van der Waals surface area contributed by atoms with Crippen LogP contribution >= 0.6 is 0 Å². The molecule has 3 heteroatoms. The molecule has 0 aliphatic carbocycles. The van der Waals surface area contributed by atoms with Crippen LogP contribution in [0.3, 0.4) is 0 Å². The van der Waals surface area contributed by atoms with Crippen LogP contribution in [0.1, 0.15) is 50.2 Å². The number of benzene rings is 1. The smallest absolute Gasteiger partial charge is 0.127 e. The molecule has 102 valence electrons. The van der Waals surface area contributed by atoms with E-state index in [4.69, 9.17) is 10.7 Å². The highest BCUT2D eigenvalue weighted by atomic mass is 15.1. The largest absolute Gasteiger partial charge is 0.384 e. The van der Waals surface area contributed by atoms with E-state index < -0.39 is 0 Å². The van der Waals surface area contributed by atoms with Crippen LogP contribution in [0.15, 0.2) is 30.3 Å². The van der Waals surface area contributed by atoms with Crippen LogP contribution < -0.4 is 5.73 Å². The number of anilines is 1. The van der Waals surface area contributed by atoms with Gasteiger partial charge < -0.3 is 10.3 Å². The van der Waals surface area contributed by atoms with Gasteiger partial charge in [-0.25, -0.2) is 4.98 Å². The quantitative estimate of drug-likeness (QED) is 0.889. The van der Waals surface area contributed by atoms with Crippen molar-refractivity contribution in [2.75, 3.05) is 5.73 Å². The Morgan fingerprint density at radius 2 is 1.89 bits per heavy atom. The van der Waals surface area contributed by atoms with E-state index in [-0.39, 0.29) is 5.92 Å². The second-order valence-corrected chi connectivity index (χ2v) is 4.93. The van der Waals surface area contributed by atoms with Crippen LogP contribution in [-0.4, -0.2) is 9.55 Å². The molecule has 1 aromatic heterocycles. The molecule has 0 saturated carbocycles. The van der Waals surface area contributed by atoms with Gasteiger partial charge in [-0.15, -0.1) is 0 Å². The van der Waals surface area contributed by atoms with E-state index in [9.17, 15) is 0 Å². The molecule has 0 aliphatic rings. The molecule has 3 nitrogen and oxygen atoms in total. The predicted molar refractivity (Wildman–Crippen MR) is 80.3 cm³/mol. The van der Waals surface area contributed by atoms with Gasteiger partial charge in [0.05, 0.1) is 5.69 Å². The first-order chi connectivity index (χ1) is 9.19. The first kappa shape index (κ1) is 13.7. The SMILES string of the molecule is CCCc1nc(C(C)c2ccccc2)c(N)n1CC. The van der Waals surface area contributed by atoms with E-state index in [0.717, 1.165) is 36.7 Å². The molecule has 0 saturated heterocycles. The average Bonchev–Trinajstić information content (AvgIpc) is 2.75. The summed E-state index contributed by atoms with van der Waals surface area (Å²) in [5.74, 6) is 2.17. The third-order valence-corrected chi connectivity index (χ3v) is 3.61. The number of nitrogens with zero attached hydrogens (tertiary/aromatic N) is 2. The highest BCUT2D eigenvalue weighted by Crippen LogP contribution is 2.29. The number of aromatic nitrogens is 2. The van der Waals surface area contributed by atoms with Crippen molar-refractivity contribution in [3.8, 4) is 0 Å². The van der Waals surface area contributed by atoms with Gasteiger partial charge in [0.15, 0.2) is 0 Å². The second-order valence-electron chi connectivity index (χ2n) is 4.93. The summed E-state index contributed by atoms with van der Waals surface area (Å²) >= 11 is 0. The molecule has 0 radical (unpaired) electrons. The van der Waals surface area contributed by atoms with E-state index in [0.29, 0.717) is 0 Å². The van der Waals surface area contributed by atoms with Crippen LogP contribution in [0.25, 0.3) is 0 Å². The van der Waals surface area contributed by atoms with Crippen molar-refractivity contribution in [3.05, 3.63) is 47.4 Å². The lowest BCUT2D eigenvalue weighted by Crippen LogP contribution is -2.06. The van der Waals surface area contributed by atoms with Crippen LogP contribution in [-0.2, 0) is 13.0 Å². The number of rotatable bonds is 5. The van der Waals surface area contributed by atoms with Crippen molar-refractivity contribution in [1.82, 2.24) is 9.55 Å². The molecule has 0 spiro atoms. The molecule has 2 aromatic rings. The maximum atomic E-state index is 6.28. The van der Waals surface area contributed by atoms with E-state index in [1.165, 1.54) is 5.56 Å². The van der Waals surface area contributed by atoms with Gasteiger partial charge >= 0.3 is 0 Å². The van der Waals surface area contributed by atoms with Crippen molar-refractivity contribution < 1.29 is 0 Å². The third kappa shape index (κ3) is 2.65. The number of nitrogen functional groups attached to an aromatic ring is 1. The highest BCUT2D eigenvalue weighted by Gasteiger charge is 2.19. The number of hydrogen-bond acceptors (Lipinski definition) is 2. The Morgan fingerprint density at radius 1 is 1.21 bits per heavy atom. The van der Waals surface area contributed by atoms with Crippen molar-refractivity contribution in [3.63, 3.8) is 0 Å². The Balaban J connectivity index is 2.40. The van der Waals surface area contributed by atoms with Gasteiger partial charge in [-0.3, -0.25) is 0 Å². The highest BCUT2D eigenvalue weighted by molar-refractivity contribution is 5.44. The Hall–Kier alpha value is -1.77. The van der Waals surface area contributed by atoms with Crippen molar-refractivity contribution >= 4 is 5.82 Å². The Morgan fingerprint density at radius 3 is 2.47 bits per heavy atom. The van der Waals surface area contributed by atoms with Crippen LogP contribution in [0.2, 0.25) is 0 Å². The van der Waals surface area contributed by atoms with Gasteiger partial charge in [0.1, 0.15) is 11.6 Å². The summed E-state index contributed by atoms with van der Waals surface area (Å²) in [6.07, 6.45) is 2.08. The lowest BCUT2D eigenvalue weighted by atomic mass is 9.98. The molecule has 0 amide bonds. The summed E-state index contributed by atoms with van der Waals surface area (Å²) < 4.78 is 2.14. The Labute approximate surface area is 115 Å². The number of imidazole rings is 1. The second kappa shape index (κ2) is 5.91. The molecule has 2 N–H and O–H groups in total. The lowest BCUT2D eigenvalue weighted by Gasteiger charge is -2.10. The zero-order valence-corrected chi connectivity index (χ0v) is 12.1. The first-order valence-corrected chi connectivity index (χ1v) is 7.08. The molecule has 1 unspecified atom stereocenters. The molecule has 0 fully saturated rings. The molecule has 0 bridgehead atoms. The maximum absolute atomic E-state index is 6.28. The summed E-state index contributed by atoms with van der Waals surface area (Å²) in [6.45, 7) is 7.35. The van der Waals surface area contributed by atoms with Crippen molar-refractivity contribution in [1.29, 1.82) is 0 Å². The van der Waals surface area contributed by atoms with E-state index in [2.05, 4.69) is 49.6 Å². The summed E-state index contributed by atoms with van der Waals surface area (Å²) in [5, 5.41) is 0. The zero-order chi connectivity index (χ0) is 13.8. The predicted octanol–water partition coefficient (Wildman–Crippen LogP) is 3.59. The molecular weight excluding hydrogens is 234 g/mol. The van der Waals surface area contributed by atoms with Gasteiger partial charge in [-0.1, -0.05) is 44.2 Å². The van der Waals surface area contributed by atoms with E-state index in [1.54, 1.807) is 0 Å². The van der Waals surface area contributed by atoms with Gasteiger partial charge in [0.2, 0.25) is 0 Å². The lowest BCUT2D eigenvalue weighted by molar-refractivity contribution is 0.690. The fourth-order valence-electron chi connectivity index (χ4n) is 2.52. The number of hydrogen-bond donors (Lipinski definition) is 1. The van der Waals surface area contributed by atoms with Gasteiger partial charge in [0.25, 0.3) is 0 Å². The van der Waals surface area contributed by atoms with Crippen molar-refractivity contribution in [2.45, 2.75) is 46.1 Å². The number of nitrogens with two attached hydrogens (primary N) is 1. The monoisotopic (exact) mass is 257 g/mol. The van der Waals surface area contributed by atoms with Gasteiger partial charge in [-0.2, -0.15) is 0 Å². The van der Waals surface area contributed by atoms with Crippen LogP contribution in [0.4, 0.5) is 5.82 Å². The summed E-state index contributed by atoms with van der Waals surface area (Å²) in [5.41, 5.74) is 8.56. The summed E-state index contributed by atoms with van der Waals surface area (Å²) in [7, 11) is 0. The minimum absolute atomic E-state index is 0.240. The van der Waals surface area contributed by atoms with Crippen LogP contribution in [0, 0.1) is 0 Å². The molecule has 1 atom stereocenters. The molecule has 1 heterocycles. The van der Waals surface area contributed by atoms with Gasteiger partial charge in [-0.05, 0) is 18.9 Å². The fourth-order valence-corrected chi connectivity index (χ4v) is 2.52. The van der Waals surface area contributed by atoms with E-state index >= 15 is 0 Å². The molecule has 19 heavy (non-hydrogen) atoms. The molecule has 2 rings (SSSR count). The third-order valence-electron chi connectivity index (χ3n) is 3.61. The topological polar surface area (TPSA) is 43.8 Å². The minimum atomic E-state index is 0.240. The number of aryl methyl sites for hydroxylation is 1. The Bertz CT molecular complexity index is 528.